The van der Waals surface area contributed by atoms with E-state index < -0.39 is 34.3 Å². The lowest BCUT2D eigenvalue weighted by molar-refractivity contribution is -0.172. The number of rotatable bonds is 8. The number of carbonyl (C=O) groups is 3. The van der Waals surface area contributed by atoms with Gasteiger partial charge in [-0.2, -0.15) is 0 Å². The van der Waals surface area contributed by atoms with Gasteiger partial charge in [0.15, 0.2) is 6.29 Å². The Morgan fingerprint density at radius 1 is 1.06 bits per heavy atom. The minimum atomic E-state index is -1.02. The molecule has 0 N–H and O–H groups in total. The van der Waals surface area contributed by atoms with Gasteiger partial charge in [-0.25, -0.2) is 0 Å². The van der Waals surface area contributed by atoms with Crippen LogP contribution in [-0.2, 0) is 34.2 Å². The molecule has 0 saturated carbocycles. The third kappa shape index (κ3) is 8.05. The first-order chi connectivity index (χ1) is 15.0. The van der Waals surface area contributed by atoms with Gasteiger partial charge in [-0.05, 0) is 71.1 Å². The zero-order valence-corrected chi connectivity index (χ0v) is 19.7. The fourth-order valence-electron chi connectivity index (χ4n) is 4.30. The van der Waals surface area contributed by atoms with Crippen molar-refractivity contribution >= 4 is 17.9 Å². The molecule has 2 heterocycles. The van der Waals surface area contributed by atoms with Crippen molar-refractivity contribution in [2.45, 2.75) is 115 Å². The lowest BCUT2D eigenvalue weighted by Gasteiger charge is -2.36. The van der Waals surface area contributed by atoms with Crippen molar-refractivity contribution in [2.24, 2.45) is 10.8 Å². The molecular formula is C29H50O7. The van der Waals surface area contributed by atoms with E-state index in [1.807, 2.05) is 45.0 Å². The average Bonchev–Trinajstić information content (AvgIpc) is 2.99. The summed E-state index contributed by atoms with van der Waals surface area (Å²) in [6, 6.07) is 7.46. The molecule has 0 radical (unpaired) electrons. The van der Waals surface area contributed by atoms with Gasteiger partial charge < -0.3 is 18.9 Å². The molecule has 1 aromatic rings. The summed E-state index contributed by atoms with van der Waals surface area (Å²) in [6.07, 6.45) is 3.43. The zero-order chi connectivity index (χ0) is 23.6. The molecule has 3 rings (SSSR count). The van der Waals surface area contributed by atoms with Gasteiger partial charge in [0.1, 0.15) is 11.4 Å². The van der Waals surface area contributed by atoms with Gasteiger partial charge >= 0.3 is 17.9 Å². The third-order valence-electron chi connectivity index (χ3n) is 6.59. The van der Waals surface area contributed by atoms with Crippen LogP contribution in [0.25, 0.3) is 0 Å². The van der Waals surface area contributed by atoms with Crippen LogP contribution >= 0.6 is 0 Å². The number of carbonyl (C=O) groups excluding carboxylic acids is 3. The highest BCUT2D eigenvalue weighted by Crippen LogP contribution is 2.44. The van der Waals surface area contributed by atoms with Crippen LogP contribution in [0.3, 0.4) is 0 Å². The summed E-state index contributed by atoms with van der Waals surface area (Å²) >= 11 is 0. The van der Waals surface area contributed by atoms with E-state index in [1.54, 1.807) is 13.8 Å². The maximum Gasteiger partial charge on any atom is 0.320 e. The Balaban J connectivity index is 0. The summed E-state index contributed by atoms with van der Waals surface area (Å²) in [5, 5.41) is 0. The van der Waals surface area contributed by atoms with Crippen molar-refractivity contribution in [3.05, 3.63) is 29.8 Å². The van der Waals surface area contributed by atoms with E-state index in [0.717, 1.165) is 24.8 Å². The Labute approximate surface area is 219 Å². The molecule has 3 atom stereocenters. The topological polar surface area (TPSA) is 88.1 Å². The van der Waals surface area contributed by atoms with Gasteiger partial charge in [0, 0.05) is 6.42 Å². The largest absolute Gasteiger partial charge is 0.465 e. The van der Waals surface area contributed by atoms with E-state index in [4.69, 9.17) is 18.9 Å². The number of hydrogen-bond acceptors (Lipinski definition) is 7. The molecule has 36 heavy (non-hydrogen) atoms. The minimum Gasteiger partial charge on any atom is -0.465 e. The van der Waals surface area contributed by atoms with E-state index in [2.05, 4.69) is 0 Å². The smallest absolute Gasteiger partial charge is 0.320 e. The number of ether oxygens (including phenoxy) is 4. The second-order valence-corrected chi connectivity index (χ2v) is 9.93. The predicted octanol–water partition coefficient (Wildman–Crippen LogP) is 7.20. The Bertz CT molecular complexity index is 855. The van der Waals surface area contributed by atoms with Gasteiger partial charge in [-0.15, -0.1) is 0 Å². The molecule has 0 bridgehead atoms. The van der Waals surface area contributed by atoms with Crippen molar-refractivity contribution in [3.63, 3.8) is 0 Å². The molecule has 0 aliphatic carbocycles. The predicted molar refractivity (Wildman–Crippen MR) is 144 cm³/mol. The molecular weight excluding hydrogens is 460 g/mol. The number of benzene rings is 1. The number of esters is 3. The number of hydrogen-bond donors (Lipinski definition) is 0. The molecule has 208 valence electrons. The van der Waals surface area contributed by atoms with Crippen molar-refractivity contribution in [3.8, 4) is 5.75 Å². The van der Waals surface area contributed by atoms with Crippen LogP contribution in [0.1, 0.15) is 108 Å². The van der Waals surface area contributed by atoms with Crippen LogP contribution in [0.4, 0.5) is 0 Å². The first kappa shape index (κ1) is 35.8. The van der Waals surface area contributed by atoms with Gasteiger partial charge in [-0.3, -0.25) is 14.4 Å². The zero-order valence-electron chi connectivity index (χ0n) is 19.7. The first-order valence-electron chi connectivity index (χ1n) is 11.3. The van der Waals surface area contributed by atoms with Crippen LogP contribution in [0, 0.1) is 10.8 Å². The van der Waals surface area contributed by atoms with Crippen LogP contribution in [0.5, 0.6) is 5.75 Å². The van der Waals surface area contributed by atoms with Crippen molar-refractivity contribution in [2.75, 3.05) is 6.61 Å². The van der Waals surface area contributed by atoms with Crippen LogP contribution in [-0.4, -0.2) is 30.8 Å². The molecule has 2 fully saturated rings. The molecule has 2 aliphatic rings. The fourth-order valence-corrected chi connectivity index (χ4v) is 4.30. The van der Waals surface area contributed by atoms with Crippen molar-refractivity contribution in [1.29, 1.82) is 0 Å². The summed E-state index contributed by atoms with van der Waals surface area (Å²) in [5.74, 6) is -0.829. The summed E-state index contributed by atoms with van der Waals surface area (Å²) in [6.45, 7) is 9.69. The summed E-state index contributed by atoms with van der Waals surface area (Å²) in [5.41, 5.74) is -2.02. The first-order valence-corrected chi connectivity index (χ1v) is 11.3. The molecule has 7 heteroatoms. The molecule has 2 aliphatic heterocycles. The maximum atomic E-state index is 13.2. The van der Waals surface area contributed by atoms with E-state index in [9.17, 15) is 14.4 Å². The van der Waals surface area contributed by atoms with E-state index in [1.165, 1.54) is 0 Å². The SMILES string of the molecule is C.C.C.C.CCC(C)(CC1(C)CC(=O)OC1=O)C(=O)OC(C)(C)c1ccc(OC2CCCCO2)cc1. The lowest BCUT2D eigenvalue weighted by atomic mass is 9.70. The highest BCUT2D eigenvalue weighted by molar-refractivity contribution is 5.97. The Kier molecular flexibility index (Phi) is 13.7. The third-order valence-corrected chi connectivity index (χ3v) is 6.59. The Morgan fingerprint density at radius 2 is 1.67 bits per heavy atom. The highest BCUT2D eigenvalue weighted by Gasteiger charge is 2.51. The maximum absolute atomic E-state index is 13.2. The van der Waals surface area contributed by atoms with Gasteiger partial charge in [-0.1, -0.05) is 48.8 Å². The lowest BCUT2D eigenvalue weighted by Crippen LogP contribution is -2.40. The van der Waals surface area contributed by atoms with Crippen molar-refractivity contribution in [1.82, 2.24) is 0 Å². The van der Waals surface area contributed by atoms with Crippen LogP contribution in [0.15, 0.2) is 24.3 Å². The fraction of sp³-hybridized carbons (Fsp3) is 0.690. The quantitative estimate of drug-likeness (QED) is 0.270. The molecule has 3 unspecified atom stereocenters. The summed E-state index contributed by atoms with van der Waals surface area (Å²) < 4.78 is 22.2. The molecule has 0 spiro atoms. The minimum absolute atomic E-state index is 0. The van der Waals surface area contributed by atoms with Crippen molar-refractivity contribution < 1.29 is 33.3 Å². The second-order valence-electron chi connectivity index (χ2n) is 9.93. The summed E-state index contributed by atoms with van der Waals surface area (Å²) in [4.78, 5) is 37.0. The average molecular weight is 511 g/mol. The number of cyclic esters (lactones) is 2. The highest BCUT2D eigenvalue weighted by atomic mass is 16.7. The molecule has 7 nitrogen and oxygen atoms in total. The van der Waals surface area contributed by atoms with Crippen LogP contribution < -0.4 is 4.74 Å². The molecule has 2 saturated heterocycles. The van der Waals surface area contributed by atoms with Gasteiger partial charge in [0.05, 0.1) is 23.9 Å². The Hall–Kier alpha value is -2.41. The van der Waals surface area contributed by atoms with Crippen LogP contribution in [0.2, 0.25) is 0 Å². The second kappa shape index (κ2) is 13.8. The van der Waals surface area contributed by atoms with E-state index in [0.29, 0.717) is 18.8 Å². The molecule has 0 aromatic heterocycles. The Morgan fingerprint density at radius 3 is 2.14 bits per heavy atom. The van der Waals surface area contributed by atoms with E-state index in [-0.39, 0.29) is 48.8 Å². The summed E-state index contributed by atoms with van der Waals surface area (Å²) in [7, 11) is 0. The molecule has 0 amide bonds. The van der Waals surface area contributed by atoms with E-state index >= 15 is 0 Å². The standard InChI is InChI=1S/C25H34O7.4CH4/c1-6-24(4,16-25(5)15-19(26)31-21(25)27)22(28)32-23(2,3)17-10-12-18(13-11-17)30-20-9-7-8-14-29-20;;;;/h10-13,20H,6-9,14-16H2,1-5H3;4*1H4. The molecule has 1 aromatic carbocycles. The monoisotopic (exact) mass is 510 g/mol. The van der Waals surface area contributed by atoms with Gasteiger partial charge in [0.25, 0.3) is 0 Å². The normalized spacial score (nSPS) is 22.9. The van der Waals surface area contributed by atoms with Gasteiger partial charge in [0.2, 0.25) is 0 Å².